The molecule has 0 spiro atoms. The van der Waals surface area contributed by atoms with E-state index in [-0.39, 0.29) is 0 Å². The zero-order valence-corrected chi connectivity index (χ0v) is 9.37. The summed E-state index contributed by atoms with van der Waals surface area (Å²) in [6.07, 6.45) is 11.6. The number of rotatable bonds is 0. The van der Waals surface area contributed by atoms with Gasteiger partial charge in [-0.3, -0.25) is 4.99 Å². The number of aliphatic imine (C=N–C) groups is 1. The van der Waals surface area contributed by atoms with E-state index in [0.29, 0.717) is 12.1 Å². The largest absolute Gasteiger partial charge is 0.307 e. The van der Waals surface area contributed by atoms with Gasteiger partial charge in [0.25, 0.3) is 0 Å². The quantitative estimate of drug-likeness (QED) is 0.653. The third-order valence-electron chi connectivity index (χ3n) is 4.27. The fourth-order valence-electron chi connectivity index (χ4n) is 3.61. The van der Waals surface area contributed by atoms with E-state index in [9.17, 15) is 0 Å². The molecule has 4 rings (SSSR count). The van der Waals surface area contributed by atoms with Crippen LogP contribution in [-0.2, 0) is 0 Å². The molecule has 0 aromatic carbocycles. The van der Waals surface area contributed by atoms with Gasteiger partial charge in [-0.2, -0.15) is 0 Å². The number of nitrogens with zero attached hydrogens (tertiary/aromatic N) is 1. The molecule has 0 amide bonds. The molecule has 1 saturated heterocycles. The smallest absolute Gasteiger partial charge is 0.0573 e. The van der Waals surface area contributed by atoms with Gasteiger partial charge < -0.3 is 5.32 Å². The van der Waals surface area contributed by atoms with Crippen molar-refractivity contribution >= 4 is 6.21 Å². The summed E-state index contributed by atoms with van der Waals surface area (Å²) < 4.78 is 0. The van der Waals surface area contributed by atoms with Crippen molar-refractivity contribution in [2.75, 3.05) is 6.54 Å². The van der Waals surface area contributed by atoms with E-state index in [2.05, 4.69) is 28.7 Å². The Labute approximate surface area is 95.8 Å². The lowest BCUT2D eigenvalue weighted by Crippen LogP contribution is -2.34. The maximum Gasteiger partial charge on any atom is 0.0573 e. The topological polar surface area (TPSA) is 24.4 Å². The van der Waals surface area contributed by atoms with Gasteiger partial charge in [-0.25, -0.2) is 0 Å². The molecule has 1 fully saturated rings. The summed E-state index contributed by atoms with van der Waals surface area (Å²) in [6.45, 7) is 0.844. The fraction of sp³-hybridized carbons (Fsp3) is 0.500. The van der Waals surface area contributed by atoms with Crippen LogP contribution in [0.25, 0.3) is 0 Å². The van der Waals surface area contributed by atoms with Crippen LogP contribution in [0.4, 0.5) is 0 Å². The number of fused-ring (bicyclic) bond motifs is 1. The van der Waals surface area contributed by atoms with Gasteiger partial charge in [0.15, 0.2) is 0 Å². The van der Waals surface area contributed by atoms with Gasteiger partial charge in [0.2, 0.25) is 0 Å². The molecule has 16 heavy (non-hydrogen) atoms. The van der Waals surface area contributed by atoms with E-state index in [1.807, 2.05) is 0 Å². The molecule has 5 bridgehead atoms. The van der Waals surface area contributed by atoms with Crippen molar-refractivity contribution in [1.29, 1.82) is 0 Å². The van der Waals surface area contributed by atoms with Crippen LogP contribution in [0.1, 0.15) is 25.7 Å². The van der Waals surface area contributed by atoms with Crippen LogP contribution in [0.2, 0.25) is 0 Å². The molecule has 2 unspecified atom stereocenters. The zero-order chi connectivity index (χ0) is 10.5. The lowest BCUT2D eigenvalue weighted by atomic mass is 9.82. The second kappa shape index (κ2) is 3.17. The molecule has 2 atom stereocenters. The van der Waals surface area contributed by atoms with Crippen molar-refractivity contribution in [2.24, 2.45) is 4.99 Å². The van der Waals surface area contributed by atoms with Crippen LogP contribution in [-0.4, -0.2) is 24.8 Å². The molecule has 2 aliphatic carbocycles. The monoisotopic (exact) mass is 212 g/mol. The maximum atomic E-state index is 4.47. The standard InChI is InChI=1S/C14H16N2/c1-2-12-11-3-4-14-13(12)7-10(16-14)6-9(11)8-15-5-1/h1-2,8,10,14,16H,3-7H2. The summed E-state index contributed by atoms with van der Waals surface area (Å²) in [5.74, 6) is 0. The van der Waals surface area contributed by atoms with Crippen LogP contribution >= 0.6 is 0 Å². The minimum atomic E-state index is 0.667. The van der Waals surface area contributed by atoms with E-state index in [4.69, 9.17) is 0 Å². The highest BCUT2D eigenvalue weighted by molar-refractivity contribution is 5.83. The SMILES string of the molecule is C1=CC2=C3CC4CC(=C2CCC3N4)C=NC1. The second-order valence-electron chi connectivity index (χ2n) is 5.20. The Bertz CT molecular complexity index is 465. The molecule has 0 radical (unpaired) electrons. The van der Waals surface area contributed by atoms with Crippen LogP contribution in [0.3, 0.4) is 0 Å². The molecule has 2 heteroatoms. The predicted molar refractivity (Wildman–Crippen MR) is 65.7 cm³/mol. The summed E-state index contributed by atoms with van der Waals surface area (Å²) in [5.41, 5.74) is 6.30. The van der Waals surface area contributed by atoms with Crippen LogP contribution in [0, 0.1) is 0 Å². The van der Waals surface area contributed by atoms with Gasteiger partial charge >= 0.3 is 0 Å². The molecule has 2 aliphatic heterocycles. The summed E-state index contributed by atoms with van der Waals surface area (Å²) in [5, 5.41) is 3.77. The van der Waals surface area contributed by atoms with Gasteiger partial charge in [0.05, 0.1) is 6.54 Å². The lowest BCUT2D eigenvalue weighted by Gasteiger charge is -2.28. The molecule has 2 nitrogen and oxygen atoms in total. The van der Waals surface area contributed by atoms with Gasteiger partial charge in [-0.15, -0.1) is 0 Å². The Hall–Kier alpha value is -1.15. The molecular formula is C14H16N2. The van der Waals surface area contributed by atoms with E-state index in [1.54, 1.807) is 16.7 Å². The molecule has 0 aromatic heterocycles. The fourth-order valence-corrected chi connectivity index (χ4v) is 3.61. The highest BCUT2D eigenvalue weighted by Crippen LogP contribution is 2.43. The molecule has 2 heterocycles. The molecule has 82 valence electrons. The highest BCUT2D eigenvalue weighted by Gasteiger charge is 2.37. The van der Waals surface area contributed by atoms with E-state index in [1.165, 1.54) is 31.3 Å². The van der Waals surface area contributed by atoms with Crippen molar-refractivity contribution < 1.29 is 0 Å². The summed E-state index contributed by atoms with van der Waals surface area (Å²) in [6, 6.07) is 1.34. The predicted octanol–water partition coefficient (Wildman–Crippen LogP) is 2.15. The first-order valence-corrected chi connectivity index (χ1v) is 6.29. The number of nitrogens with one attached hydrogen (secondary N) is 1. The minimum Gasteiger partial charge on any atom is -0.307 e. The first kappa shape index (κ1) is 8.94. The summed E-state index contributed by atoms with van der Waals surface area (Å²) >= 11 is 0. The number of hydrogen-bond acceptors (Lipinski definition) is 2. The van der Waals surface area contributed by atoms with Gasteiger partial charge in [0.1, 0.15) is 0 Å². The Morgan fingerprint density at radius 1 is 1.31 bits per heavy atom. The summed E-state index contributed by atoms with van der Waals surface area (Å²) in [4.78, 5) is 4.47. The number of hydrogen-bond donors (Lipinski definition) is 1. The van der Waals surface area contributed by atoms with E-state index in [0.717, 1.165) is 6.54 Å². The van der Waals surface area contributed by atoms with Gasteiger partial charge in [-0.1, -0.05) is 12.2 Å². The van der Waals surface area contributed by atoms with Crippen molar-refractivity contribution in [2.45, 2.75) is 37.8 Å². The highest BCUT2D eigenvalue weighted by atomic mass is 15.0. The zero-order valence-electron chi connectivity index (χ0n) is 9.37. The average Bonchev–Trinajstić information content (AvgIpc) is 2.57. The summed E-state index contributed by atoms with van der Waals surface area (Å²) in [7, 11) is 0. The molecule has 1 N–H and O–H groups in total. The average molecular weight is 212 g/mol. The van der Waals surface area contributed by atoms with Crippen LogP contribution in [0.5, 0.6) is 0 Å². The Morgan fingerprint density at radius 3 is 3.31 bits per heavy atom. The van der Waals surface area contributed by atoms with Crippen molar-refractivity contribution in [3.05, 3.63) is 34.4 Å². The van der Waals surface area contributed by atoms with E-state index >= 15 is 0 Å². The Kier molecular flexibility index (Phi) is 1.77. The van der Waals surface area contributed by atoms with Gasteiger partial charge in [0, 0.05) is 18.3 Å². The van der Waals surface area contributed by atoms with Gasteiger partial charge in [-0.05, 0) is 48.0 Å². The molecular weight excluding hydrogens is 196 g/mol. The first-order valence-electron chi connectivity index (χ1n) is 6.29. The Morgan fingerprint density at radius 2 is 2.31 bits per heavy atom. The molecule has 4 aliphatic rings. The maximum absolute atomic E-state index is 4.47. The van der Waals surface area contributed by atoms with E-state index < -0.39 is 0 Å². The third-order valence-corrected chi connectivity index (χ3v) is 4.27. The molecule has 0 aromatic rings. The van der Waals surface area contributed by atoms with Crippen molar-refractivity contribution in [3.8, 4) is 0 Å². The van der Waals surface area contributed by atoms with Crippen LogP contribution < -0.4 is 5.32 Å². The van der Waals surface area contributed by atoms with Crippen molar-refractivity contribution in [1.82, 2.24) is 5.32 Å². The first-order chi connectivity index (χ1) is 7.92. The lowest BCUT2D eigenvalue weighted by molar-refractivity contribution is 0.504. The minimum absolute atomic E-state index is 0.667. The normalized spacial score (nSPS) is 35.5. The van der Waals surface area contributed by atoms with Crippen molar-refractivity contribution in [3.63, 3.8) is 0 Å². The molecule has 0 saturated carbocycles. The third kappa shape index (κ3) is 1.14. The number of allylic oxidation sites excluding steroid dienone is 3. The Balaban J connectivity index is 2.00. The second-order valence-corrected chi connectivity index (χ2v) is 5.20. The van der Waals surface area contributed by atoms with Crippen LogP contribution in [0.15, 0.2) is 39.4 Å².